The van der Waals surface area contributed by atoms with Crippen molar-refractivity contribution >= 4 is 17.6 Å². The Morgan fingerprint density at radius 3 is 2.28 bits per heavy atom. The van der Waals surface area contributed by atoms with Gasteiger partial charge in [0.2, 0.25) is 0 Å². The number of hydrogen-bond acceptors (Lipinski definition) is 8. The van der Waals surface area contributed by atoms with Gasteiger partial charge in [0.1, 0.15) is 30.1 Å². The van der Waals surface area contributed by atoms with E-state index in [1.54, 1.807) is 24.3 Å². The molecule has 1 amide bonds. The lowest BCUT2D eigenvalue weighted by Crippen LogP contribution is -2.23. The van der Waals surface area contributed by atoms with Crippen LogP contribution in [0, 0.1) is 0 Å². The Morgan fingerprint density at radius 1 is 1.00 bits per heavy atom. The summed E-state index contributed by atoms with van der Waals surface area (Å²) in [5, 5.41) is 13.0. The number of aromatic nitrogens is 4. The molecule has 0 atom stereocenters. The van der Waals surface area contributed by atoms with E-state index < -0.39 is 18.5 Å². The molecule has 0 bridgehead atoms. The number of benzene rings is 2. The van der Waals surface area contributed by atoms with Crippen molar-refractivity contribution in [1.29, 1.82) is 0 Å². The second-order valence-corrected chi connectivity index (χ2v) is 5.75. The zero-order valence-electron chi connectivity index (χ0n) is 15.6. The molecule has 1 heterocycles. The quantitative estimate of drug-likeness (QED) is 0.545. The van der Waals surface area contributed by atoms with E-state index in [-0.39, 0.29) is 6.54 Å². The van der Waals surface area contributed by atoms with Gasteiger partial charge in [0.05, 0.1) is 6.61 Å². The third-order valence-electron chi connectivity index (χ3n) is 3.56. The molecule has 0 aliphatic rings. The van der Waals surface area contributed by atoms with Crippen LogP contribution in [0.3, 0.4) is 0 Å². The highest BCUT2D eigenvalue weighted by molar-refractivity contribution is 5.92. The number of nitrogens with zero attached hydrogens (tertiary/aromatic N) is 4. The largest absolute Gasteiger partial charge is 0.494 e. The molecular formula is C19H19N5O5. The molecule has 3 rings (SSSR count). The van der Waals surface area contributed by atoms with E-state index in [0.29, 0.717) is 23.8 Å². The van der Waals surface area contributed by atoms with Crippen LogP contribution in [-0.2, 0) is 20.9 Å². The van der Waals surface area contributed by atoms with Crippen LogP contribution in [-0.4, -0.2) is 45.3 Å². The molecule has 0 fully saturated rings. The van der Waals surface area contributed by atoms with Crippen LogP contribution < -0.4 is 14.8 Å². The van der Waals surface area contributed by atoms with Gasteiger partial charge in [-0.1, -0.05) is 0 Å². The molecule has 1 N–H and O–H groups in total. The van der Waals surface area contributed by atoms with Crippen molar-refractivity contribution in [2.45, 2.75) is 13.5 Å². The van der Waals surface area contributed by atoms with Crippen molar-refractivity contribution in [2.24, 2.45) is 0 Å². The molecule has 0 aliphatic carbocycles. The standard InChI is InChI=1S/C19H19N5O5/c1-2-27-15-7-9-17(10-8-15)29-16-5-3-14(4-6-16)21-18(25)12-28-19(26)11-24-13-20-22-23-24/h3-10,13H,2,11-12H2,1H3,(H,21,25). The molecule has 10 heteroatoms. The maximum atomic E-state index is 11.9. The minimum absolute atomic E-state index is 0.169. The van der Waals surface area contributed by atoms with E-state index in [1.807, 2.05) is 31.2 Å². The lowest BCUT2D eigenvalue weighted by Gasteiger charge is -2.09. The van der Waals surface area contributed by atoms with E-state index in [1.165, 1.54) is 11.0 Å². The molecule has 0 saturated heterocycles. The molecule has 3 aromatic rings. The fraction of sp³-hybridized carbons (Fsp3) is 0.211. The Bertz CT molecular complexity index is 927. The molecule has 2 aromatic carbocycles. The zero-order chi connectivity index (χ0) is 20.5. The summed E-state index contributed by atoms with van der Waals surface area (Å²) in [5.74, 6) is 0.970. The molecule has 10 nitrogen and oxygen atoms in total. The third-order valence-corrected chi connectivity index (χ3v) is 3.56. The molecule has 1 aromatic heterocycles. The van der Waals surface area contributed by atoms with Gasteiger partial charge in [-0.3, -0.25) is 9.59 Å². The Kier molecular flexibility index (Phi) is 6.71. The lowest BCUT2D eigenvalue weighted by molar-refractivity contribution is -0.148. The maximum Gasteiger partial charge on any atom is 0.328 e. The molecular weight excluding hydrogens is 378 g/mol. The number of anilines is 1. The number of ether oxygens (including phenoxy) is 3. The van der Waals surface area contributed by atoms with Gasteiger partial charge >= 0.3 is 5.97 Å². The van der Waals surface area contributed by atoms with Gasteiger partial charge in [0, 0.05) is 5.69 Å². The van der Waals surface area contributed by atoms with Crippen LogP contribution in [0.5, 0.6) is 17.2 Å². The van der Waals surface area contributed by atoms with Crippen molar-refractivity contribution in [2.75, 3.05) is 18.5 Å². The summed E-state index contributed by atoms with van der Waals surface area (Å²) in [6, 6.07) is 14.1. The number of tetrazole rings is 1. The highest BCUT2D eigenvalue weighted by Gasteiger charge is 2.09. The predicted octanol–water partition coefficient (Wildman–Crippen LogP) is 2.05. The summed E-state index contributed by atoms with van der Waals surface area (Å²) in [6.45, 7) is 1.95. The first-order valence-corrected chi connectivity index (χ1v) is 8.79. The first-order chi connectivity index (χ1) is 14.1. The van der Waals surface area contributed by atoms with Gasteiger partial charge in [-0.2, -0.15) is 0 Å². The van der Waals surface area contributed by atoms with E-state index >= 15 is 0 Å². The average Bonchev–Trinajstić information content (AvgIpc) is 3.23. The lowest BCUT2D eigenvalue weighted by atomic mass is 10.3. The second kappa shape index (κ2) is 9.83. The molecule has 0 saturated carbocycles. The van der Waals surface area contributed by atoms with Crippen molar-refractivity contribution in [3.63, 3.8) is 0 Å². The normalized spacial score (nSPS) is 10.2. The third kappa shape index (κ3) is 6.31. The van der Waals surface area contributed by atoms with Crippen molar-refractivity contribution < 1.29 is 23.8 Å². The number of rotatable bonds is 9. The number of amides is 1. The zero-order valence-corrected chi connectivity index (χ0v) is 15.6. The number of hydrogen-bond donors (Lipinski definition) is 1. The van der Waals surface area contributed by atoms with Crippen LogP contribution in [0.4, 0.5) is 5.69 Å². The summed E-state index contributed by atoms with van der Waals surface area (Å²) >= 11 is 0. The Labute approximate surface area is 166 Å². The summed E-state index contributed by atoms with van der Waals surface area (Å²) in [6.07, 6.45) is 1.28. The number of carbonyl (C=O) groups excluding carboxylic acids is 2. The Hall–Kier alpha value is -3.95. The SMILES string of the molecule is CCOc1ccc(Oc2ccc(NC(=O)COC(=O)Cn3cnnn3)cc2)cc1. The van der Waals surface area contributed by atoms with Crippen molar-refractivity contribution in [1.82, 2.24) is 20.2 Å². The summed E-state index contributed by atoms with van der Waals surface area (Å²) < 4.78 is 17.2. The van der Waals surface area contributed by atoms with Crippen molar-refractivity contribution in [3.8, 4) is 17.2 Å². The number of nitrogens with one attached hydrogen (secondary N) is 1. The predicted molar refractivity (Wildman–Crippen MR) is 102 cm³/mol. The van der Waals surface area contributed by atoms with Gasteiger partial charge < -0.3 is 19.5 Å². The summed E-state index contributed by atoms with van der Waals surface area (Å²) in [7, 11) is 0. The Morgan fingerprint density at radius 2 is 1.66 bits per heavy atom. The van der Waals surface area contributed by atoms with Gasteiger partial charge in [0.15, 0.2) is 6.61 Å². The van der Waals surface area contributed by atoms with Crippen LogP contribution in [0.15, 0.2) is 54.9 Å². The fourth-order valence-electron chi connectivity index (χ4n) is 2.29. The molecule has 0 unspecified atom stereocenters. The van der Waals surface area contributed by atoms with Gasteiger partial charge in [-0.25, -0.2) is 4.68 Å². The summed E-state index contributed by atoms with van der Waals surface area (Å²) in [5.41, 5.74) is 0.547. The minimum Gasteiger partial charge on any atom is -0.494 e. The average molecular weight is 397 g/mol. The van der Waals surface area contributed by atoms with E-state index in [0.717, 1.165) is 5.75 Å². The van der Waals surface area contributed by atoms with Crippen molar-refractivity contribution in [3.05, 3.63) is 54.9 Å². The number of esters is 1. The molecule has 150 valence electrons. The van der Waals surface area contributed by atoms with Gasteiger partial charge in [-0.05, 0) is 65.9 Å². The molecule has 0 spiro atoms. The van der Waals surface area contributed by atoms with Gasteiger partial charge in [0.25, 0.3) is 5.91 Å². The van der Waals surface area contributed by atoms with E-state index in [4.69, 9.17) is 14.2 Å². The van der Waals surface area contributed by atoms with Crippen LogP contribution in [0.25, 0.3) is 0 Å². The fourth-order valence-corrected chi connectivity index (χ4v) is 2.29. The first-order valence-electron chi connectivity index (χ1n) is 8.79. The first kappa shape index (κ1) is 19.8. The summed E-state index contributed by atoms with van der Waals surface area (Å²) in [4.78, 5) is 23.5. The van der Waals surface area contributed by atoms with E-state index in [9.17, 15) is 9.59 Å². The van der Waals surface area contributed by atoms with Crippen LogP contribution >= 0.6 is 0 Å². The molecule has 29 heavy (non-hydrogen) atoms. The second-order valence-electron chi connectivity index (χ2n) is 5.75. The van der Waals surface area contributed by atoms with Crippen LogP contribution in [0.1, 0.15) is 6.92 Å². The molecule has 0 aliphatic heterocycles. The Balaban J connectivity index is 1.44. The van der Waals surface area contributed by atoms with Gasteiger partial charge in [-0.15, -0.1) is 5.10 Å². The highest BCUT2D eigenvalue weighted by Crippen LogP contribution is 2.25. The smallest absolute Gasteiger partial charge is 0.328 e. The number of carbonyl (C=O) groups is 2. The van der Waals surface area contributed by atoms with Crippen LogP contribution in [0.2, 0.25) is 0 Å². The topological polar surface area (TPSA) is 117 Å². The molecule has 0 radical (unpaired) electrons. The monoisotopic (exact) mass is 397 g/mol. The maximum absolute atomic E-state index is 11.9. The van der Waals surface area contributed by atoms with E-state index in [2.05, 4.69) is 20.8 Å². The minimum atomic E-state index is -0.619. The highest BCUT2D eigenvalue weighted by atomic mass is 16.5.